The minimum Gasteiger partial charge on any atom is -0.388 e. The predicted octanol–water partition coefficient (Wildman–Crippen LogP) is 3.93. The van der Waals surface area contributed by atoms with Crippen molar-refractivity contribution in [2.75, 3.05) is 5.75 Å². The SMILES string of the molecule is C=CCCCC(O)c1cc2c(s1)CCSC2. The molecule has 0 aliphatic carbocycles. The Balaban J connectivity index is 1.97. The van der Waals surface area contributed by atoms with E-state index in [1.54, 1.807) is 0 Å². The molecule has 16 heavy (non-hydrogen) atoms. The molecule has 0 bridgehead atoms. The highest BCUT2D eigenvalue weighted by atomic mass is 32.2. The number of thiophene rings is 1. The van der Waals surface area contributed by atoms with Gasteiger partial charge < -0.3 is 5.11 Å². The Kier molecular flexibility index (Phi) is 4.50. The summed E-state index contributed by atoms with van der Waals surface area (Å²) in [6, 6.07) is 2.21. The molecule has 1 unspecified atom stereocenters. The Bertz CT molecular complexity index is 333. The summed E-state index contributed by atoms with van der Waals surface area (Å²) in [4.78, 5) is 2.66. The summed E-state index contributed by atoms with van der Waals surface area (Å²) >= 11 is 3.81. The van der Waals surface area contributed by atoms with Crippen LogP contribution >= 0.6 is 23.1 Å². The Labute approximate surface area is 106 Å². The third kappa shape index (κ3) is 2.90. The molecule has 0 amide bonds. The van der Waals surface area contributed by atoms with Gasteiger partial charge in [0.15, 0.2) is 0 Å². The molecule has 0 fully saturated rings. The van der Waals surface area contributed by atoms with Gasteiger partial charge in [-0.3, -0.25) is 0 Å². The van der Waals surface area contributed by atoms with Gasteiger partial charge in [-0.25, -0.2) is 0 Å². The lowest BCUT2D eigenvalue weighted by atomic mass is 10.1. The number of hydrogen-bond donors (Lipinski definition) is 1. The fourth-order valence-electron chi connectivity index (χ4n) is 1.93. The first-order valence-electron chi connectivity index (χ1n) is 5.79. The maximum atomic E-state index is 10.1. The van der Waals surface area contributed by atoms with Crippen LogP contribution in [0.5, 0.6) is 0 Å². The summed E-state index contributed by atoms with van der Waals surface area (Å²) in [5.74, 6) is 2.37. The quantitative estimate of drug-likeness (QED) is 0.634. The van der Waals surface area contributed by atoms with Gasteiger partial charge >= 0.3 is 0 Å². The fraction of sp³-hybridized carbons (Fsp3) is 0.538. The smallest absolute Gasteiger partial charge is 0.0882 e. The van der Waals surface area contributed by atoms with Crippen molar-refractivity contribution in [3.8, 4) is 0 Å². The summed E-state index contributed by atoms with van der Waals surface area (Å²) in [6.07, 6.45) is 5.73. The highest BCUT2D eigenvalue weighted by Crippen LogP contribution is 2.35. The van der Waals surface area contributed by atoms with Crippen LogP contribution < -0.4 is 0 Å². The molecular weight excluding hydrogens is 236 g/mol. The zero-order valence-electron chi connectivity index (χ0n) is 9.45. The van der Waals surface area contributed by atoms with Gasteiger partial charge in [-0.2, -0.15) is 11.8 Å². The van der Waals surface area contributed by atoms with Crippen LogP contribution in [0.1, 0.15) is 40.7 Å². The predicted molar refractivity (Wildman–Crippen MR) is 73.2 cm³/mol. The van der Waals surface area contributed by atoms with Crippen molar-refractivity contribution >= 4 is 23.1 Å². The average molecular weight is 254 g/mol. The van der Waals surface area contributed by atoms with E-state index in [0.29, 0.717) is 0 Å². The van der Waals surface area contributed by atoms with E-state index < -0.39 is 0 Å². The molecule has 0 radical (unpaired) electrons. The molecule has 0 saturated carbocycles. The van der Waals surface area contributed by atoms with Gasteiger partial charge in [0, 0.05) is 15.5 Å². The van der Waals surface area contributed by atoms with E-state index in [1.165, 1.54) is 22.6 Å². The second-order valence-electron chi connectivity index (χ2n) is 4.14. The van der Waals surface area contributed by atoms with Gasteiger partial charge in [0.05, 0.1) is 6.10 Å². The third-order valence-electron chi connectivity index (χ3n) is 2.86. The van der Waals surface area contributed by atoms with E-state index in [4.69, 9.17) is 0 Å². The first kappa shape index (κ1) is 12.2. The van der Waals surface area contributed by atoms with Crippen LogP contribution in [0.3, 0.4) is 0 Å². The third-order valence-corrected chi connectivity index (χ3v) is 5.21. The first-order chi connectivity index (χ1) is 7.81. The molecule has 1 aliphatic heterocycles. The van der Waals surface area contributed by atoms with E-state index in [0.717, 1.165) is 29.9 Å². The van der Waals surface area contributed by atoms with Crippen molar-refractivity contribution in [3.05, 3.63) is 34.0 Å². The van der Waals surface area contributed by atoms with Crippen molar-refractivity contribution in [2.24, 2.45) is 0 Å². The van der Waals surface area contributed by atoms with Crippen LogP contribution in [-0.4, -0.2) is 10.9 Å². The highest BCUT2D eigenvalue weighted by molar-refractivity contribution is 7.98. The molecule has 2 heterocycles. The van der Waals surface area contributed by atoms with Crippen LogP contribution in [0.25, 0.3) is 0 Å². The van der Waals surface area contributed by atoms with Gasteiger partial charge in [0.1, 0.15) is 0 Å². The molecular formula is C13H18OS2. The lowest BCUT2D eigenvalue weighted by molar-refractivity contribution is 0.168. The standard InChI is InChI=1S/C13H18OS2/c1-2-3-4-5-11(14)13-8-10-9-15-7-6-12(10)16-13/h2,8,11,14H,1,3-7,9H2. The second-order valence-corrected chi connectivity index (χ2v) is 6.41. The van der Waals surface area contributed by atoms with Crippen molar-refractivity contribution in [3.63, 3.8) is 0 Å². The first-order valence-corrected chi connectivity index (χ1v) is 7.76. The summed E-state index contributed by atoms with van der Waals surface area (Å²) in [7, 11) is 0. The number of thioether (sulfide) groups is 1. The average Bonchev–Trinajstić information content (AvgIpc) is 2.73. The van der Waals surface area contributed by atoms with Gasteiger partial charge in [-0.15, -0.1) is 17.9 Å². The minimum atomic E-state index is -0.263. The highest BCUT2D eigenvalue weighted by Gasteiger charge is 2.17. The topological polar surface area (TPSA) is 20.2 Å². The lowest BCUT2D eigenvalue weighted by Gasteiger charge is -2.08. The second kappa shape index (κ2) is 5.89. The maximum absolute atomic E-state index is 10.1. The Morgan fingerprint density at radius 2 is 2.44 bits per heavy atom. The molecule has 1 aromatic rings. The molecule has 0 spiro atoms. The normalized spacial score (nSPS) is 16.8. The minimum absolute atomic E-state index is 0.263. The van der Waals surface area contributed by atoms with E-state index in [-0.39, 0.29) is 6.10 Å². The molecule has 0 saturated heterocycles. The molecule has 88 valence electrons. The zero-order chi connectivity index (χ0) is 11.4. The Hall–Kier alpha value is -0.250. The molecule has 1 atom stereocenters. The van der Waals surface area contributed by atoms with Crippen LogP contribution in [0.2, 0.25) is 0 Å². The fourth-order valence-corrected chi connectivity index (χ4v) is 4.33. The summed E-state index contributed by atoms with van der Waals surface area (Å²) in [5, 5.41) is 10.1. The van der Waals surface area contributed by atoms with Gasteiger partial charge in [0.2, 0.25) is 0 Å². The van der Waals surface area contributed by atoms with Crippen molar-refractivity contribution in [2.45, 2.75) is 37.5 Å². The number of rotatable bonds is 5. The number of aryl methyl sites for hydroxylation is 1. The van der Waals surface area contributed by atoms with Crippen LogP contribution in [0.4, 0.5) is 0 Å². The molecule has 1 aromatic heterocycles. The molecule has 1 aliphatic rings. The van der Waals surface area contributed by atoms with Gasteiger partial charge in [-0.05, 0) is 43.1 Å². The van der Waals surface area contributed by atoms with Crippen LogP contribution in [0.15, 0.2) is 18.7 Å². The lowest BCUT2D eigenvalue weighted by Crippen LogP contribution is -1.96. The summed E-state index contributed by atoms with van der Waals surface area (Å²) in [6.45, 7) is 3.70. The zero-order valence-corrected chi connectivity index (χ0v) is 11.1. The van der Waals surface area contributed by atoms with E-state index >= 15 is 0 Å². The molecule has 1 nitrogen and oxygen atoms in total. The number of allylic oxidation sites excluding steroid dienone is 1. The van der Waals surface area contributed by atoms with E-state index in [9.17, 15) is 5.11 Å². The molecule has 3 heteroatoms. The van der Waals surface area contributed by atoms with Crippen molar-refractivity contribution < 1.29 is 5.11 Å². The van der Waals surface area contributed by atoms with E-state index in [2.05, 4.69) is 12.6 Å². The largest absolute Gasteiger partial charge is 0.388 e. The number of unbranched alkanes of at least 4 members (excludes halogenated alkanes) is 1. The summed E-state index contributed by atoms with van der Waals surface area (Å²) < 4.78 is 0. The van der Waals surface area contributed by atoms with E-state index in [1.807, 2.05) is 29.2 Å². The van der Waals surface area contributed by atoms with Crippen LogP contribution in [-0.2, 0) is 12.2 Å². The number of aliphatic hydroxyl groups excluding tert-OH is 1. The molecule has 0 aromatic carbocycles. The van der Waals surface area contributed by atoms with Crippen molar-refractivity contribution in [1.82, 2.24) is 0 Å². The van der Waals surface area contributed by atoms with Gasteiger partial charge in [0.25, 0.3) is 0 Å². The number of fused-ring (bicyclic) bond motifs is 1. The number of aliphatic hydroxyl groups is 1. The molecule has 2 rings (SSSR count). The van der Waals surface area contributed by atoms with Crippen LogP contribution in [0, 0.1) is 0 Å². The van der Waals surface area contributed by atoms with Gasteiger partial charge in [-0.1, -0.05) is 6.08 Å². The monoisotopic (exact) mass is 254 g/mol. The maximum Gasteiger partial charge on any atom is 0.0882 e. The number of hydrogen-bond acceptors (Lipinski definition) is 3. The van der Waals surface area contributed by atoms with Crippen molar-refractivity contribution in [1.29, 1.82) is 0 Å². The Morgan fingerprint density at radius 3 is 3.19 bits per heavy atom. The Morgan fingerprint density at radius 1 is 1.56 bits per heavy atom. The molecule has 1 N–H and O–H groups in total. The summed E-state index contributed by atoms with van der Waals surface area (Å²) in [5.41, 5.74) is 1.46.